The van der Waals surface area contributed by atoms with Crippen molar-refractivity contribution >= 4 is 17.2 Å². The van der Waals surface area contributed by atoms with Crippen LogP contribution in [0.5, 0.6) is 0 Å². The molecule has 2 aromatic heterocycles. The first kappa shape index (κ1) is 15.3. The van der Waals surface area contributed by atoms with Crippen molar-refractivity contribution in [2.45, 2.75) is 19.9 Å². The number of hydrogen-bond acceptors (Lipinski definition) is 6. The molecule has 118 valence electrons. The first-order valence-corrected chi connectivity index (χ1v) is 7.85. The molecule has 2 heterocycles. The molecule has 0 radical (unpaired) electrons. The molecule has 3 aromatic rings. The molecule has 0 saturated carbocycles. The molecule has 0 aliphatic heterocycles. The van der Waals surface area contributed by atoms with Gasteiger partial charge >= 0.3 is 0 Å². The van der Waals surface area contributed by atoms with E-state index >= 15 is 0 Å². The van der Waals surface area contributed by atoms with Gasteiger partial charge in [0.1, 0.15) is 11.5 Å². The van der Waals surface area contributed by atoms with E-state index in [0.717, 1.165) is 5.56 Å². The number of rotatable bonds is 5. The summed E-state index contributed by atoms with van der Waals surface area (Å²) >= 11 is 1.20. The van der Waals surface area contributed by atoms with Crippen molar-refractivity contribution in [2.24, 2.45) is 0 Å². The van der Waals surface area contributed by atoms with Gasteiger partial charge in [-0.15, -0.1) is 11.3 Å². The lowest BCUT2D eigenvalue weighted by Gasteiger charge is -2.02. The zero-order valence-corrected chi connectivity index (χ0v) is 13.1. The summed E-state index contributed by atoms with van der Waals surface area (Å²) in [5.41, 5.74) is 1.29. The maximum Gasteiger partial charge on any atom is 0.280 e. The molecule has 0 unspecified atom stereocenters. The summed E-state index contributed by atoms with van der Waals surface area (Å²) in [5, 5.41) is 8.53. The summed E-state index contributed by atoms with van der Waals surface area (Å²) < 4.78 is 17.9. The van der Waals surface area contributed by atoms with Crippen LogP contribution in [0.2, 0.25) is 0 Å². The fourth-order valence-corrected chi connectivity index (χ4v) is 2.55. The molecule has 6 nitrogen and oxygen atoms in total. The lowest BCUT2D eigenvalue weighted by molar-refractivity contribution is 0.0950. The SMILES string of the molecule is CCc1noc(-c2csc(C(=O)NCc3ccc(F)cc3)n2)n1. The first-order chi connectivity index (χ1) is 11.2. The molecule has 3 rings (SSSR count). The Kier molecular flexibility index (Phi) is 4.42. The zero-order valence-electron chi connectivity index (χ0n) is 12.2. The van der Waals surface area contributed by atoms with Gasteiger partial charge in [0.15, 0.2) is 10.8 Å². The topological polar surface area (TPSA) is 80.9 Å². The summed E-state index contributed by atoms with van der Waals surface area (Å²) in [5.74, 6) is 0.280. The predicted octanol–water partition coefficient (Wildman–Crippen LogP) is 2.82. The first-order valence-electron chi connectivity index (χ1n) is 6.97. The molecule has 1 aromatic carbocycles. The molecule has 0 spiro atoms. The Morgan fingerprint density at radius 2 is 2.09 bits per heavy atom. The number of benzene rings is 1. The lowest BCUT2D eigenvalue weighted by Crippen LogP contribution is -2.22. The second-order valence-corrected chi connectivity index (χ2v) is 5.57. The van der Waals surface area contributed by atoms with Gasteiger partial charge in [0.05, 0.1) is 0 Å². The van der Waals surface area contributed by atoms with Crippen molar-refractivity contribution in [1.82, 2.24) is 20.4 Å². The van der Waals surface area contributed by atoms with Crippen molar-refractivity contribution in [3.8, 4) is 11.6 Å². The highest BCUT2D eigenvalue weighted by Crippen LogP contribution is 2.20. The number of nitrogens with one attached hydrogen (secondary N) is 1. The third-order valence-corrected chi connectivity index (χ3v) is 3.91. The van der Waals surface area contributed by atoms with Crippen LogP contribution in [0.25, 0.3) is 11.6 Å². The van der Waals surface area contributed by atoms with E-state index in [4.69, 9.17) is 4.52 Å². The largest absolute Gasteiger partial charge is 0.346 e. The average Bonchev–Trinajstić information content (AvgIpc) is 3.22. The molecular formula is C15H13FN4O2S. The highest BCUT2D eigenvalue weighted by Gasteiger charge is 2.15. The number of carbonyl (C=O) groups is 1. The van der Waals surface area contributed by atoms with Gasteiger partial charge in [-0.2, -0.15) is 4.98 Å². The molecular weight excluding hydrogens is 319 g/mol. The van der Waals surface area contributed by atoms with Gasteiger partial charge < -0.3 is 9.84 Å². The van der Waals surface area contributed by atoms with Crippen molar-refractivity contribution in [3.05, 3.63) is 51.9 Å². The summed E-state index contributed by atoms with van der Waals surface area (Å²) in [6.45, 7) is 2.22. The third kappa shape index (κ3) is 3.59. The van der Waals surface area contributed by atoms with E-state index in [1.165, 1.54) is 23.5 Å². The molecule has 23 heavy (non-hydrogen) atoms. The van der Waals surface area contributed by atoms with Crippen LogP contribution in [0.3, 0.4) is 0 Å². The van der Waals surface area contributed by atoms with Crippen LogP contribution in [-0.4, -0.2) is 21.0 Å². The summed E-state index contributed by atoms with van der Waals surface area (Å²) in [6, 6.07) is 5.94. The third-order valence-electron chi connectivity index (χ3n) is 3.07. The number of nitrogens with zero attached hydrogens (tertiary/aromatic N) is 3. The van der Waals surface area contributed by atoms with Gasteiger partial charge in [-0.05, 0) is 17.7 Å². The Hall–Kier alpha value is -2.61. The molecule has 1 N–H and O–H groups in total. The van der Waals surface area contributed by atoms with E-state index < -0.39 is 0 Å². The smallest absolute Gasteiger partial charge is 0.280 e. The Bertz CT molecular complexity index is 813. The van der Waals surface area contributed by atoms with Crippen LogP contribution < -0.4 is 5.32 Å². The van der Waals surface area contributed by atoms with Gasteiger partial charge in [0, 0.05) is 18.3 Å². The Morgan fingerprint density at radius 1 is 1.30 bits per heavy atom. The van der Waals surface area contributed by atoms with Gasteiger partial charge in [-0.1, -0.05) is 24.2 Å². The van der Waals surface area contributed by atoms with E-state index in [-0.39, 0.29) is 11.7 Å². The standard InChI is InChI=1S/C15H13FN4O2S/c1-2-12-19-14(22-20-12)11-8-23-15(18-11)13(21)17-7-9-3-5-10(16)6-4-9/h3-6,8H,2,7H2,1H3,(H,17,21). The number of aromatic nitrogens is 3. The molecule has 0 bridgehead atoms. The maximum absolute atomic E-state index is 12.8. The second-order valence-electron chi connectivity index (χ2n) is 4.72. The Morgan fingerprint density at radius 3 is 2.78 bits per heavy atom. The molecule has 8 heteroatoms. The number of halogens is 1. The minimum Gasteiger partial charge on any atom is -0.346 e. The van der Waals surface area contributed by atoms with E-state index in [1.807, 2.05) is 6.92 Å². The Labute approximate surface area is 135 Å². The fraction of sp³-hybridized carbons (Fsp3) is 0.200. The van der Waals surface area contributed by atoms with Gasteiger partial charge in [-0.25, -0.2) is 9.37 Å². The van der Waals surface area contributed by atoms with Crippen LogP contribution in [0.1, 0.15) is 28.1 Å². The van der Waals surface area contributed by atoms with Crippen molar-refractivity contribution in [1.29, 1.82) is 0 Å². The average molecular weight is 332 g/mol. The predicted molar refractivity (Wildman–Crippen MR) is 82.4 cm³/mol. The molecule has 0 fully saturated rings. The van der Waals surface area contributed by atoms with Crippen LogP contribution in [0.4, 0.5) is 4.39 Å². The monoisotopic (exact) mass is 332 g/mol. The number of aryl methyl sites for hydroxylation is 1. The molecule has 0 atom stereocenters. The van der Waals surface area contributed by atoms with Crippen molar-refractivity contribution < 1.29 is 13.7 Å². The molecule has 1 amide bonds. The summed E-state index contributed by atoms with van der Waals surface area (Å²) in [7, 11) is 0. The number of thiazole rings is 1. The maximum atomic E-state index is 12.8. The lowest BCUT2D eigenvalue weighted by atomic mass is 10.2. The van der Waals surface area contributed by atoms with Crippen LogP contribution in [0.15, 0.2) is 34.2 Å². The van der Waals surface area contributed by atoms with Crippen LogP contribution in [-0.2, 0) is 13.0 Å². The minimum atomic E-state index is -0.310. The van der Waals surface area contributed by atoms with E-state index in [0.29, 0.717) is 35.4 Å². The van der Waals surface area contributed by atoms with E-state index in [2.05, 4.69) is 20.4 Å². The Balaban J connectivity index is 1.65. The van der Waals surface area contributed by atoms with Crippen molar-refractivity contribution in [2.75, 3.05) is 0 Å². The fourth-order valence-electron chi connectivity index (χ4n) is 1.84. The molecule has 0 saturated heterocycles. The minimum absolute atomic E-state index is 0.300. The molecule has 0 aliphatic rings. The van der Waals surface area contributed by atoms with Gasteiger partial charge in [-0.3, -0.25) is 4.79 Å². The zero-order chi connectivity index (χ0) is 16.2. The van der Waals surface area contributed by atoms with Crippen LogP contribution in [0, 0.1) is 5.82 Å². The normalized spacial score (nSPS) is 10.7. The second kappa shape index (κ2) is 6.66. The number of carbonyl (C=O) groups excluding carboxylic acids is 1. The summed E-state index contributed by atoms with van der Waals surface area (Å²) in [4.78, 5) is 20.5. The van der Waals surface area contributed by atoms with Crippen molar-refractivity contribution in [3.63, 3.8) is 0 Å². The van der Waals surface area contributed by atoms with Crippen LogP contribution >= 0.6 is 11.3 Å². The number of hydrogen-bond donors (Lipinski definition) is 1. The summed E-state index contributed by atoms with van der Waals surface area (Å²) in [6.07, 6.45) is 0.665. The van der Waals surface area contributed by atoms with Gasteiger partial charge in [0.2, 0.25) is 0 Å². The number of amides is 1. The van der Waals surface area contributed by atoms with E-state index in [1.54, 1.807) is 17.5 Å². The quantitative estimate of drug-likeness (QED) is 0.777. The highest BCUT2D eigenvalue weighted by molar-refractivity contribution is 7.12. The molecule has 0 aliphatic carbocycles. The van der Waals surface area contributed by atoms with Gasteiger partial charge in [0.25, 0.3) is 11.8 Å². The highest BCUT2D eigenvalue weighted by atomic mass is 32.1. The van der Waals surface area contributed by atoms with E-state index in [9.17, 15) is 9.18 Å².